The van der Waals surface area contributed by atoms with Crippen LogP contribution < -0.4 is 10.2 Å². The van der Waals surface area contributed by atoms with E-state index in [1.807, 2.05) is 14.1 Å². The van der Waals surface area contributed by atoms with Crippen molar-refractivity contribution in [3.8, 4) is 0 Å². The molecule has 0 saturated heterocycles. The maximum atomic E-state index is 9.10. The van der Waals surface area contributed by atoms with Gasteiger partial charge in [0.05, 0.1) is 6.10 Å². The Kier molecular flexibility index (Phi) is 4.70. The van der Waals surface area contributed by atoms with Crippen LogP contribution >= 0.6 is 11.6 Å². The molecule has 0 fully saturated rings. The summed E-state index contributed by atoms with van der Waals surface area (Å²) >= 11 is 5.76. The number of anilines is 2. The molecule has 90 valence electrons. The van der Waals surface area contributed by atoms with Crippen LogP contribution in [-0.4, -0.2) is 46.8 Å². The minimum atomic E-state index is -0.349. The van der Waals surface area contributed by atoms with Crippen LogP contribution in [-0.2, 0) is 0 Å². The Morgan fingerprint density at radius 1 is 1.38 bits per heavy atom. The summed E-state index contributed by atoms with van der Waals surface area (Å²) < 4.78 is 0. The van der Waals surface area contributed by atoms with Crippen molar-refractivity contribution in [2.45, 2.75) is 19.4 Å². The molecule has 0 amide bonds. The van der Waals surface area contributed by atoms with Gasteiger partial charge in [-0.1, -0.05) is 0 Å². The van der Waals surface area contributed by atoms with Gasteiger partial charge in [0, 0.05) is 20.6 Å². The second-order valence-electron chi connectivity index (χ2n) is 3.69. The van der Waals surface area contributed by atoms with Gasteiger partial charge in [-0.2, -0.15) is 15.0 Å². The molecule has 0 bridgehead atoms. The fourth-order valence-electron chi connectivity index (χ4n) is 1.01. The molecule has 0 saturated carbocycles. The number of aromatic nitrogens is 3. The van der Waals surface area contributed by atoms with Crippen molar-refractivity contribution in [2.75, 3.05) is 30.9 Å². The predicted octanol–water partition coefficient (Wildman–Crippen LogP) is 0.774. The third-order valence-electron chi connectivity index (χ3n) is 1.84. The third-order valence-corrected chi connectivity index (χ3v) is 2.01. The first kappa shape index (κ1) is 12.9. The lowest BCUT2D eigenvalue weighted by atomic mass is 10.3. The number of nitrogens with zero attached hydrogens (tertiary/aromatic N) is 4. The Bertz CT molecular complexity index is 345. The van der Waals surface area contributed by atoms with Crippen molar-refractivity contribution in [3.05, 3.63) is 5.28 Å². The Morgan fingerprint density at radius 3 is 2.62 bits per heavy atom. The number of halogens is 1. The molecule has 6 nitrogen and oxygen atoms in total. The van der Waals surface area contributed by atoms with E-state index in [1.165, 1.54) is 0 Å². The largest absolute Gasteiger partial charge is 0.393 e. The van der Waals surface area contributed by atoms with E-state index in [2.05, 4.69) is 20.3 Å². The van der Waals surface area contributed by atoms with Crippen LogP contribution in [0.1, 0.15) is 13.3 Å². The lowest BCUT2D eigenvalue weighted by molar-refractivity contribution is 0.188. The quantitative estimate of drug-likeness (QED) is 0.799. The van der Waals surface area contributed by atoms with E-state index in [9.17, 15) is 0 Å². The topological polar surface area (TPSA) is 74.2 Å². The zero-order valence-electron chi connectivity index (χ0n) is 9.61. The summed E-state index contributed by atoms with van der Waals surface area (Å²) in [5.41, 5.74) is 0. The van der Waals surface area contributed by atoms with Crippen LogP contribution in [0.25, 0.3) is 0 Å². The maximum Gasteiger partial charge on any atom is 0.230 e. The summed E-state index contributed by atoms with van der Waals surface area (Å²) in [5, 5.41) is 12.2. The Labute approximate surface area is 99.7 Å². The fraction of sp³-hybridized carbons (Fsp3) is 0.667. The van der Waals surface area contributed by atoms with E-state index in [1.54, 1.807) is 11.8 Å². The average Bonchev–Trinajstić information content (AvgIpc) is 2.16. The molecule has 1 aromatic rings. The normalized spacial score (nSPS) is 12.3. The van der Waals surface area contributed by atoms with Crippen LogP contribution in [0.2, 0.25) is 5.28 Å². The van der Waals surface area contributed by atoms with Crippen molar-refractivity contribution in [3.63, 3.8) is 0 Å². The molecule has 1 aromatic heterocycles. The van der Waals surface area contributed by atoms with E-state index in [-0.39, 0.29) is 11.4 Å². The molecule has 1 unspecified atom stereocenters. The Balaban J connectivity index is 2.65. The van der Waals surface area contributed by atoms with Gasteiger partial charge in [0.2, 0.25) is 17.2 Å². The number of aliphatic hydroxyl groups is 1. The smallest absolute Gasteiger partial charge is 0.230 e. The second kappa shape index (κ2) is 5.81. The van der Waals surface area contributed by atoms with Gasteiger partial charge in [-0.05, 0) is 24.9 Å². The van der Waals surface area contributed by atoms with Gasteiger partial charge in [0.1, 0.15) is 0 Å². The highest BCUT2D eigenvalue weighted by Crippen LogP contribution is 2.11. The minimum absolute atomic E-state index is 0.151. The number of hydrogen-bond donors (Lipinski definition) is 2. The van der Waals surface area contributed by atoms with Crippen molar-refractivity contribution in [1.82, 2.24) is 15.0 Å². The van der Waals surface area contributed by atoms with Crippen LogP contribution in [0.3, 0.4) is 0 Å². The molecule has 1 heterocycles. The molecule has 0 aliphatic heterocycles. The Morgan fingerprint density at radius 2 is 2.06 bits per heavy atom. The first-order valence-electron chi connectivity index (χ1n) is 5.00. The number of nitrogens with one attached hydrogen (secondary N) is 1. The summed E-state index contributed by atoms with van der Waals surface area (Å²) in [5.74, 6) is 0.920. The van der Waals surface area contributed by atoms with Gasteiger partial charge < -0.3 is 15.3 Å². The number of rotatable bonds is 5. The molecule has 7 heteroatoms. The molecular weight excluding hydrogens is 230 g/mol. The average molecular weight is 246 g/mol. The fourth-order valence-corrected chi connectivity index (χ4v) is 1.17. The van der Waals surface area contributed by atoms with Gasteiger partial charge in [0.25, 0.3) is 0 Å². The van der Waals surface area contributed by atoms with Crippen LogP contribution in [0.4, 0.5) is 11.9 Å². The van der Waals surface area contributed by atoms with Crippen LogP contribution in [0.5, 0.6) is 0 Å². The summed E-state index contributed by atoms with van der Waals surface area (Å²) in [4.78, 5) is 13.8. The molecule has 16 heavy (non-hydrogen) atoms. The summed E-state index contributed by atoms with van der Waals surface area (Å²) in [7, 11) is 3.65. The van der Waals surface area contributed by atoms with Gasteiger partial charge in [-0.15, -0.1) is 0 Å². The molecule has 0 aromatic carbocycles. The van der Waals surface area contributed by atoms with Crippen molar-refractivity contribution < 1.29 is 5.11 Å². The monoisotopic (exact) mass is 245 g/mol. The van der Waals surface area contributed by atoms with Gasteiger partial charge in [-0.3, -0.25) is 0 Å². The van der Waals surface area contributed by atoms with E-state index in [0.717, 1.165) is 0 Å². The highest BCUT2D eigenvalue weighted by atomic mass is 35.5. The zero-order chi connectivity index (χ0) is 12.1. The van der Waals surface area contributed by atoms with E-state index >= 15 is 0 Å². The molecule has 2 N–H and O–H groups in total. The Hall–Kier alpha value is -1.14. The highest BCUT2D eigenvalue weighted by Gasteiger charge is 2.06. The second-order valence-corrected chi connectivity index (χ2v) is 4.03. The summed E-state index contributed by atoms with van der Waals surface area (Å²) in [6.07, 6.45) is 0.277. The minimum Gasteiger partial charge on any atom is -0.393 e. The van der Waals surface area contributed by atoms with Crippen LogP contribution in [0.15, 0.2) is 0 Å². The number of hydrogen-bond acceptors (Lipinski definition) is 6. The summed E-state index contributed by atoms with van der Waals surface area (Å²) in [6, 6.07) is 0. The first-order valence-corrected chi connectivity index (χ1v) is 5.37. The lowest BCUT2D eigenvalue weighted by Crippen LogP contribution is -2.16. The molecule has 1 atom stereocenters. The van der Waals surface area contributed by atoms with Crippen molar-refractivity contribution in [1.29, 1.82) is 0 Å². The standard InChI is InChI=1S/C9H16ClN5O/c1-6(16)4-5-11-8-12-7(10)13-9(14-8)15(2)3/h6,16H,4-5H2,1-3H3,(H,11,12,13,14). The molecule has 0 spiro atoms. The first-order chi connectivity index (χ1) is 7.49. The lowest BCUT2D eigenvalue weighted by Gasteiger charge is -2.12. The van der Waals surface area contributed by atoms with Crippen LogP contribution in [0, 0.1) is 0 Å². The molecule has 0 radical (unpaired) electrons. The molecule has 0 aliphatic carbocycles. The van der Waals surface area contributed by atoms with Gasteiger partial charge in [-0.25, -0.2) is 0 Å². The van der Waals surface area contributed by atoms with E-state index < -0.39 is 0 Å². The molecule has 1 rings (SSSR count). The SMILES string of the molecule is CC(O)CCNc1nc(Cl)nc(N(C)C)n1. The summed E-state index contributed by atoms with van der Waals surface area (Å²) in [6.45, 7) is 2.32. The maximum absolute atomic E-state index is 9.10. The van der Waals surface area contributed by atoms with E-state index in [0.29, 0.717) is 24.9 Å². The van der Waals surface area contributed by atoms with Crippen molar-refractivity contribution >= 4 is 23.5 Å². The third kappa shape index (κ3) is 4.16. The van der Waals surface area contributed by atoms with Crippen molar-refractivity contribution in [2.24, 2.45) is 0 Å². The zero-order valence-corrected chi connectivity index (χ0v) is 10.4. The molecule has 0 aliphatic rings. The number of aliphatic hydroxyl groups excluding tert-OH is 1. The highest BCUT2D eigenvalue weighted by molar-refractivity contribution is 6.28. The van der Waals surface area contributed by atoms with Gasteiger partial charge in [0.15, 0.2) is 0 Å². The predicted molar refractivity (Wildman–Crippen MR) is 64.0 cm³/mol. The van der Waals surface area contributed by atoms with E-state index in [4.69, 9.17) is 16.7 Å². The van der Waals surface area contributed by atoms with Gasteiger partial charge >= 0.3 is 0 Å². The molecular formula is C9H16ClN5O.